The van der Waals surface area contributed by atoms with Gasteiger partial charge in [-0.2, -0.15) is 0 Å². The number of rotatable bonds is 1. The first-order valence-corrected chi connectivity index (χ1v) is 7.46. The van der Waals surface area contributed by atoms with Gasteiger partial charge in [-0.25, -0.2) is 4.79 Å². The van der Waals surface area contributed by atoms with Crippen LogP contribution < -0.4 is 4.74 Å². The molecule has 0 saturated carbocycles. The first-order chi connectivity index (χ1) is 9.74. The highest BCUT2D eigenvalue weighted by molar-refractivity contribution is 5.70. The number of para-hydroxylation sites is 1. The molecule has 20 heavy (non-hydrogen) atoms. The lowest BCUT2D eigenvalue weighted by Gasteiger charge is -2.45. The van der Waals surface area contributed by atoms with E-state index in [9.17, 15) is 4.79 Å². The summed E-state index contributed by atoms with van der Waals surface area (Å²) in [7, 11) is 2.20. The van der Waals surface area contributed by atoms with Crippen molar-refractivity contribution >= 4 is 6.09 Å². The van der Waals surface area contributed by atoms with Gasteiger partial charge in [-0.15, -0.1) is 0 Å². The van der Waals surface area contributed by atoms with Crippen LogP contribution in [0.25, 0.3) is 0 Å². The van der Waals surface area contributed by atoms with Crippen LogP contribution in [-0.4, -0.2) is 48.6 Å². The van der Waals surface area contributed by atoms with Crippen molar-refractivity contribution in [3.05, 3.63) is 30.3 Å². The molecule has 0 spiro atoms. The van der Waals surface area contributed by atoms with E-state index in [1.165, 1.54) is 19.4 Å². The molecule has 0 bridgehead atoms. The Hall–Kier alpha value is -1.55. The number of hydrogen-bond acceptors (Lipinski definition) is 3. The Bertz CT molecular complexity index is 463. The van der Waals surface area contributed by atoms with Crippen molar-refractivity contribution in [2.45, 2.75) is 25.3 Å². The lowest BCUT2D eigenvalue weighted by atomic mass is 9.84. The Labute approximate surface area is 120 Å². The Balaban J connectivity index is 1.60. The maximum atomic E-state index is 12.2. The summed E-state index contributed by atoms with van der Waals surface area (Å²) in [6.07, 6.45) is 3.32. The van der Waals surface area contributed by atoms with Gasteiger partial charge < -0.3 is 14.5 Å². The summed E-state index contributed by atoms with van der Waals surface area (Å²) >= 11 is 0. The summed E-state index contributed by atoms with van der Waals surface area (Å²) in [5.41, 5.74) is 0. The number of likely N-dealkylation sites (tertiary alicyclic amines) is 2. The third-order valence-electron chi connectivity index (χ3n) is 4.55. The number of piperidine rings is 2. The van der Waals surface area contributed by atoms with Crippen LogP contribution in [0.3, 0.4) is 0 Å². The highest BCUT2D eigenvalue weighted by atomic mass is 16.6. The lowest BCUT2D eigenvalue weighted by molar-refractivity contribution is 0.0419. The summed E-state index contributed by atoms with van der Waals surface area (Å²) in [6, 6.07) is 9.96. The number of ether oxygens (including phenoxy) is 1. The zero-order chi connectivity index (χ0) is 13.9. The minimum atomic E-state index is -0.206. The monoisotopic (exact) mass is 274 g/mol. The zero-order valence-corrected chi connectivity index (χ0v) is 12.0. The van der Waals surface area contributed by atoms with Crippen molar-refractivity contribution in [2.24, 2.45) is 5.92 Å². The van der Waals surface area contributed by atoms with Crippen LogP contribution in [-0.2, 0) is 0 Å². The molecule has 2 saturated heterocycles. The van der Waals surface area contributed by atoms with Crippen LogP contribution in [0.5, 0.6) is 5.75 Å². The smallest absolute Gasteiger partial charge is 0.410 e. The molecule has 2 unspecified atom stereocenters. The number of fused-ring (bicyclic) bond motifs is 1. The van der Waals surface area contributed by atoms with E-state index in [-0.39, 0.29) is 6.09 Å². The van der Waals surface area contributed by atoms with E-state index in [4.69, 9.17) is 4.74 Å². The standard InChI is InChI=1S/C16H22N2O2/c1-17-10-5-6-13-12-18(11-9-15(13)17)16(19)20-14-7-3-2-4-8-14/h2-4,7-8,13,15H,5-6,9-12H2,1H3. The predicted octanol–water partition coefficient (Wildman–Crippen LogP) is 2.60. The van der Waals surface area contributed by atoms with Crippen LogP contribution in [0.1, 0.15) is 19.3 Å². The van der Waals surface area contributed by atoms with E-state index >= 15 is 0 Å². The number of carbonyl (C=O) groups excluding carboxylic acids is 1. The molecule has 0 radical (unpaired) electrons. The first-order valence-electron chi connectivity index (χ1n) is 7.46. The number of benzene rings is 1. The Morgan fingerprint density at radius 2 is 2.00 bits per heavy atom. The van der Waals surface area contributed by atoms with Gasteiger partial charge in [-0.1, -0.05) is 18.2 Å². The maximum Gasteiger partial charge on any atom is 0.415 e. The number of hydrogen-bond donors (Lipinski definition) is 0. The Kier molecular flexibility index (Phi) is 3.92. The molecular formula is C16H22N2O2. The van der Waals surface area contributed by atoms with Gasteiger partial charge in [0.25, 0.3) is 0 Å². The van der Waals surface area contributed by atoms with Gasteiger partial charge in [-0.3, -0.25) is 0 Å². The van der Waals surface area contributed by atoms with Crippen molar-refractivity contribution in [3.63, 3.8) is 0 Å². The number of amides is 1. The fourth-order valence-electron chi connectivity index (χ4n) is 3.47. The average molecular weight is 274 g/mol. The fraction of sp³-hybridized carbons (Fsp3) is 0.562. The molecule has 0 aliphatic carbocycles. The average Bonchev–Trinajstić information content (AvgIpc) is 2.48. The molecule has 2 fully saturated rings. The van der Waals surface area contributed by atoms with Crippen LogP contribution in [0.15, 0.2) is 30.3 Å². The minimum Gasteiger partial charge on any atom is -0.410 e. The number of carbonyl (C=O) groups is 1. The van der Waals surface area contributed by atoms with Crippen LogP contribution in [0.2, 0.25) is 0 Å². The van der Waals surface area contributed by atoms with Crippen molar-refractivity contribution in [1.29, 1.82) is 0 Å². The second kappa shape index (κ2) is 5.83. The minimum absolute atomic E-state index is 0.206. The third kappa shape index (κ3) is 2.80. The predicted molar refractivity (Wildman–Crippen MR) is 77.8 cm³/mol. The molecular weight excluding hydrogens is 252 g/mol. The largest absolute Gasteiger partial charge is 0.415 e. The molecule has 2 aliphatic heterocycles. The van der Waals surface area contributed by atoms with Gasteiger partial charge in [0.15, 0.2) is 0 Å². The second-order valence-corrected chi connectivity index (χ2v) is 5.87. The maximum absolute atomic E-state index is 12.2. The molecule has 1 amide bonds. The van der Waals surface area contributed by atoms with E-state index in [0.29, 0.717) is 17.7 Å². The normalized spacial score (nSPS) is 26.9. The first kappa shape index (κ1) is 13.4. The van der Waals surface area contributed by atoms with E-state index in [1.54, 1.807) is 0 Å². The van der Waals surface area contributed by atoms with Crippen molar-refractivity contribution in [1.82, 2.24) is 9.80 Å². The molecule has 4 heteroatoms. The molecule has 2 aliphatic rings. The van der Waals surface area contributed by atoms with Gasteiger partial charge in [-0.05, 0) is 50.9 Å². The van der Waals surface area contributed by atoms with E-state index in [1.807, 2.05) is 35.2 Å². The highest BCUT2D eigenvalue weighted by Gasteiger charge is 2.36. The second-order valence-electron chi connectivity index (χ2n) is 5.87. The molecule has 108 valence electrons. The molecule has 1 aromatic carbocycles. The van der Waals surface area contributed by atoms with Crippen molar-refractivity contribution in [2.75, 3.05) is 26.7 Å². The molecule has 2 atom stereocenters. The molecule has 2 heterocycles. The van der Waals surface area contributed by atoms with Gasteiger partial charge in [0.2, 0.25) is 0 Å². The van der Waals surface area contributed by atoms with Crippen LogP contribution in [0.4, 0.5) is 4.79 Å². The summed E-state index contributed by atoms with van der Waals surface area (Å²) in [5.74, 6) is 1.23. The Morgan fingerprint density at radius 1 is 1.20 bits per heavy atom. The van der Waals surface area contributed by atoms with E-state index in [2.05, 4.69) is 11.9 Å². The molecule has 1 aromatic rings. The van der Waals surface area contributed by atoms with E-state index < -0.39 is 0 Å². The Morgan fingerprint density at radius 3 is 2.80 bits per heavy atom. The summed E-state index contributed by atoms with van der Waals surface area (Å²) in [4.78, 5) is 16.5. The van der Waals surface area contributed by atoms with Crippen LogP contribution >= 0.6 is 0 Å². The summed E-state index contributed by atoms with van der Waals surface area (Å²) < 4.78 is 5.43. The van der Waals surface area contributed by atoms with E-state index in [0.717, 1.165) is 19.5 Å². The summed E-state index contributed by atoms with van der Waals surface area (Å²) in [5, 5.41) is 0. The van der Waals surface area contributed by atoms with Gasteiger partial charge in [0, 0.05) is 19.1 Å². The molecule has 0 aromatic heterocycles. The zero-order valence-electron chi connectivity index (χ0n) is 12.0. The SMILES string of the molecule is CN1CCCC2CN(C(=O)Oc3ccccc3)CCC21. The van der Waals surface area contributed by atoms with Crippen molar-refractivity contribution in [3.8, 4) is 5.75 Å². The fourth-order valence-corrected chi connectivity index (χ4v) is 3.47. The molecule has 4 nitrogen and oxygen atoms in total. The van der Waals surface area contributed by atoms with Gasteiger partial charge in [0.1, 0.15) is 5.75 Å². The quantitative estimate of drug-likeness (QED) is 0.789. The lowest BCUT2D eigenvalue weighted by Crippen LogP contribution is -2.54. The topological polar surface area (TPSA) is 32.8 Å². The summed E-state index contributed by atoms with van der Waals surface area (Å²) in [6.45, 7) is 2.83. The van der Waals surface area contributed by atoms with Crippen LogP contribution in [0, 0.1) is 5.92 Å². The third-order valence-corrected chi connectivity index (χ3v) is 4.55. The number of nitrogens with zero attached hydrogens (tertiary/aromatic N) is 2. The van der Waals surface area contributed by atoms with Gasteiger partial charge in [0.05, 0.1) is 0 Å². The highest BCUT2D eigenvalue weighted by Crippen LogP contribution is 2.29. The van der Waals surface area contributed by atoms with Gasteiger partial charge >= 0.3 is 6.09 Å². The molecule has 0 N–H and O–H groups in total. The molecule has 3 rings (SSSR count). The van der Waals surface area contributed by atoms with Crippen molar-refractivity contribution < 1.29 is 9.53 Å².